The number of amides is 2. The van der Waals surface area contributed by atoms with E-state index in [1.165, 1.54) is 6.07 Å². The standard InChI is InChI=1S/C23H27FN2O3/c1-23(2,3)29-22(28)25-19-14-21(27)26(15-19)20-11-9-16(10-12-20)7-8-17-5-4-6-18(24)13-17/h4-6,9-13,19H,7-8,14-15H2,1-3H3,(H,25,28). The molecule has 0 radical (unpaired) electrons. The first-order valence-electron chi connectivity index (χ1n) is 9.83. The van der Waals surface area contributed by atoms with Crippen molar-refractivity contribution in [1.82, 2.24) is 5.32 Å². The van der Waals surface area contributed by atoms with Crippen molar-refractivity contribution < 1.29 is 18.7 Å². The highest BCUT2D eigenvalue weighted by Gasteiger charge is 2.32. The Balaban J connectivity index is 1.55. The lowest BCUT2D eigenvalue weighted by Crippen LogP contribution is -2.40. The minimum atomic E-state index is -0.576. The van der Waals surface area contributed by atoms with Crippen LogP contribution in [0.15, 0.2) is 48.5 Å². The smallest absolute Gasteiger partial charge is 0.407 e. The molecule has 2 amide bonds. The molecule has 2 aromatic carbocycles. The molecule has 0 saturated carbocycles. The molecule has 0 aliphatic carbocycles. The van der Waals surface area contributed by atoms with Crippen LogP contribution in [-0.4, -0.2) is 30.2 Å². The van der Waals surface area contributed by atoms with Crippen molar-refractivity contribution in [1.29, 1.82) is 0 Å². The number of nitrogens with one attached hydrogen (secondary N) is 1. The predicted octanol–water partition coefficient (Wildman–Crippen LogP) is 4.24. The topological polar surface area (TPSA) is 58.6 Å². The summed E-state index contributed by atoms with van der Waals surface area (Å²) in [5.41, 5.74) is 2.30. The number of benzene rings is 2. The SMILES string of the molecule is CC(C)(C)OC(=O)NC1CC(=O)N(c2ccc(CCc3cccc(F)c3)cc2)C1. The molecule has 6 heteroatoms. The van der Waals surface area contributed by atoms with Crippen LogP contribution in [0.1, 0.15) is 38.3 Å². The van der Waals surface area contributed by atoms with Gasteiger partial charge in [0.15, 0.2) is 0 Å². The minimum absolute atomic E-state index is 0.0291. The van der Waals surface area contributed by atoms with Gasteiger partial charge in [0, 0.05) is 18.7 Å². The van der Waals surface area contributed by atoms with Crippen molar-refractivity contribution in [2.24, 2.45) is 0 Å². The number of rotatable bonds is 5. The number of carbonyl (C=O) groups is 2. The van der Waals surface area contributed by atoms with Crippen molar-refractivity contribution in [3.8, 4) is 0 Å². The van der Waals surface area contributed by atoms with E-state index >= 15 is 0 Å². The van der Waals surface area contributed by atoms with Crippen LogP contribution in [0.25, 0.3) is 0 Å². The molecule has 5 nitrogen and oxygen atoms in total. The number of hydrogen-bond acceptors (Lipinski definition) is 3. The molecule has 1 N–H and O–H groups in total. The van der Waals surface area contributed by atoms with Crippen LogP contribution in [-0.2, 0) is 22.4 Å². The second-order valence-electron chi connectivity index (χ2n) is 8.35. The van der Waals surface area contributed by atoms with Crippen LogP contribution < -0.4 is 10.2 Å². The van der Waals surface area contributed by atoms with E-state index in [1.807, 2.05) is 30.3 Å². The van der Waals surface area contributed by atoms with Crippen molar-refractivity contribution in [2.75, 3.05) is 11.4 Å². The van der Waals surface area contributed by atoms with Gasteiger partial charge in [0.05, 0.1) is 6.04 Å². The molecule has 0 spiro atoms. The predicted molar refractivity (Wildman–Crippen MR) is 110 cm³/mol. The van der Waals surface area contributed by atoms with Gasteiger partial charge < -0.3 is 15.0 Å². The van der Waals surface area contributed by atoms with E-state index in [2.05, 4.69) is 5.32 Å². The Labute approximate surface area is 170 Å². The van der Waals surface area contributed by atoms with Crippen molar-refractivity contribution in [3.05, 3.63) is 65.5 Å². The molecular weight excluding hydrogens is 371 g/mol. The summed E-state index contributed by atoms with van der Waals surface area (Å²) in [4.78, 5) is 26.0. The third kappa shape index (κ3) is 6.04. The zero-order valence-corrected chi connectivity index (χ0v) is 17.1. The van der Waals surface area contributed by atoms with Crippen molar-refractivity contribution in [3.63, 3.8) is 0 Å². The Morgan fingerprint density at radius 3 is 2.48 bits per heavy atom. The maximum atomic E-state index is 13.3. The average Bonchev–Trinajstić information content (AvgIpc) is 2.99. The van der Waals surface area contributed by atoms with Crippen LogP contribution in [0.5, 0.6) is 0 Å². The van der Waals surface area contributed by atoms with Gasteiger partial charge in [-0.3, -0.25) is 4.79 Å². The number of nitrogens with zero attached hydrogens (tertiary/aromatic N) is 1. The van der Waals surface area contributed by atoms with E-state index in [0.29, 0.717) is 6.54 Å². The fourth-order valence-corrected chi connectivity index (χ4v) is 3.35. The van der Waals surface area contributed by atoms with Gasteiger partial charge in [-0.05, 0) is 69.0 Å². The Hall–Kier alpha value is -2.89. The Morgan fingerprint density at radius 1 is 1.14 bits per heavy atom. The number of anilines is 1. The fraction of sp³-hybridized carbons (Fsp3) is 0.391. The first-order valence-corrected chi connectivity index (χ1v) is 9.83. The van der Waals surface area contributed by atoms with Gasteiger partial charge in [0.25, 0.3) is 0 Å². The third-order valence-electron chi connectivity index (χ3n) is 4.69. The molecule has 1 aliphatic rings. The number of carbonyl (C=O) groups excluding carboxylic acids is 2. The summed E-state index contributed by atoms with van der Waals surface area (Å²) in [5.74, 6) is -0.251. The van der Waals surface area contributed by atoms with Gasteiger partial charge >= 0.3 is 6.09 Å². The minimum Gasteiger partial charge on any atom is -0.444 e. The van der Waals surface area contributed by atoms with Crippen LogP contribution in [0.4, 0.5) is 14.9 Å². The van der Waals surface area contributed by atoms with E-state index < -0.39 is 11.7 Å². The normalized spacial score (nSPS) is 16.8. The van der Waals surface area contributed by atoms with Gasteiger partial charge in [0.2, 0.25) is 5.91 Å². The molecule has 1 fully saturated rings. The van der Waals surface area contributed by atoms with E-state index in [-0.39, 0.29) is 24.2 Å². The number of hydrogen-bond donors (Lipinski definition) is 1. The molecule has 0 bridgehead atoms. The van der Waals surface area contributed by atoms with E-state index in [9.17, 15) is 14.0 Å². The van der Waals surface area contributed by atoms with Crippen LogP contribution in [0.2, 0.25) is 0 Å². The number of aryl methyl sites for hydroxylation is 2. The molecular formula is C23H27FN2O3. The molecule has 1 atom stereocenters. The van der Waals surface area contributed by atoms with Gasteiger partial charge in [-0.15, -0.1) is 0 Å². The quantitative estimate of drug-likeness (QED) is 0.820. The number of ether oxygens (including phenoxy) is 1. The lowest BCUT2D eigenvalue weighted by atomic mass is 10.0. The summed E-state index contributed by atoms with van der Waals surface area (Å²) >= 11 is 0. The lowest BCUT2D eigenvalue weighted by molar-refractivity contribution is -0.117. The summed E-state index contributed by atoms with van der Waals surface area (Å²) < 4.78 is 18.5. The molecule has 1 unspecified atom stereocenters. The second kappa shape index (κ2) is 8.64. The molecule has 2 aromatic rings. The van der Waals surface area contributed by atoms with Crippen LogP contribution >= 0.6 is 0 Å². The van der Waals surface area contributed by atoms with Crippen LogP contribution in [0.3, 0.4) is 0 Å². The lowest BCUT2D eigenvalue weighted by Gasteiger charge is -2.22. The maximum absolute atomic E-state index is 13.3. The summed E-state index contributed by atoms with van der Waals surface area (Å²) in [5, 5.41) is 2.77. The first kappa shape index (κ1) is 20.8. The largest absolute Gasteiger partial charge is 0.444 e. The van der Waals surface area contributed by atoms with Crippen molar-refractivity contribution >= 4 is 17.7 Å². The van der Waals surface area contributed by atoms with Crippen LogP contribution in [0, 0.1) is 5.82 Å². The number of alkyl carbamates (subject to hydrolysis) is 1. The molecule has 1 aliphatic heterocycles. The highest BCUT2D eigenvalue weighted by Crippen LogP contribution is 2.23. The zero-order valence-electron chi connectivity index (χ0n) is 17.1. The fourth-order valence-electron chi connectivity index (χ4n) is 3.35. The monoisotopic (exact) mass is 398 g/mol. The highest BCUT2D eigenvalue weighted by molar-refractivity contribution is 5.96. The Bertz CT molecular complexity index is 874. The first-order chi connectivity index (χ1) is 13.7. The van der Waals surface area contributed by atoms with Gasteiger partial charge in [-0.25, -0.2) is 9.18 Å². The van der Waals surface area contributed by atoms with E-state index in [4.69, 9.17) is 4.74 Å². The molecule has 3 rings (SSSR count). The van der Waals surface area contributed by atoms with Crippen molar-refractivity contribution in [2.45, 2.75) is 51.7 Å². The summed E-state index contributed by atoms with van der Waals surface area (Å²) in [7, 11) is 0. The summed E-state index contributed by atoms with van der Waals surface area (Å²) in [6.45, 7) is 5.82. The number of halogens is 1. The zero-order chi connectivity index (χ0) is 21.0. The molecule has 154 valence electrons. The highest BCUT2D eigenvalue weighted by atomic mass is 19.1. The second-order valence-corrected chi connectivity index (χ2v) is 8.35. The van der Waals surface area contributed by atoms with E-state index in [0.717, 1.165) is 29.7 Å². The Kier molecular flexibility index (Phi) is 6.20. The molecule has 1 saturated heterocycles. The molecule has 0 aromatic heterocycles. The Morgan fingerprint density at radius 2 is 1.83 bits per heavy atom. The summed E-state index contributed by atoms with van der Waals surface area (Å²) in [6, 6.07) is 14.1. The van der Waals surface area contributed by atoms with Gasteiger partial charge in [-0.1, -0.05) is 24.3 Å². The summed E-state index contributed by atoms with van der Waals surface area (Å²) in [6.07, 6.45) is 1.28. The maximum Gasteiger partial charge on any atom is 0.407 e. The molecule has 29 heavy (non-hydrogen) atoms. The van der Waals surface area contributed by atoms with Gasteiger partial charge in [-0.2, -0.15) is 0 Å². The van der Waals surface area contributed by atoms with E-state index in [1.54, 1.807) is 37.8 Å². The average molecular weight is 398 g/mol. The molecule has 1 heterocycles. The third-order valence-corrected chi connectivity index (χ3v) is 4.69. The van der Waals surface area contributed by atoms with Gasteiger partial charge in [0.1, 0.15) is 11.4 Å².